The van der Waals surface area contributed by atoms with Crippen LogP contribution in [0.4, 0.5) is 11.4 Å². The van der Waals surface area contributed by atoms with E-state index in [0.29, 0.717) is 16.4 Å². The number of rotatable bonds is 5. The maximum Gasteiger partial charge on any atom is 0.338 e. The molecule has 144 valence electrons. The van der Waals surface area contributed by atoms with Crippen molar-refractivity contribution in [3.05, 3.63) is 59.1 Å². The van der Waals surface area contributed by atoms with E-state index in [1.54, 1.807) is 24.3 Å². The molecule has 0 bridgehead atoms. The third-order valence-electron chi connectivity index (χ3n) is 4.20. The van der Waals surface area contributed by atoms with E-state index in [1.807, 2.05) is 0 Å². The van der Waals surface area contributed by atoms with E-state index in [4.69, 9.17) is 16.3 Å². The van der Waals surface area contributed by atoms with Crippen molar-refractivity contribution >= 4 is 46.7 Å². The van der Waals surface area contributed by atoms with Crippen molar-refractivity contribution < 1.29 is 23.9 Å². The van der Waals surface area contributed by atoms with Gasteiger partial charge in [-0.3, -0.25) is 19.3 Å². The molecule has 28 heavy (non-hydrogen) atoms. The standard InChI is InChI=1S/C20H17ClN2O5/c1-12(19(26)22-16-5-3-2-4-15(16)21)28-20(27)13-6-8-14(9-7-13)23-17(24)10-11-18(23)25/h2-9,12H,10-11H2,1H3,(H,22,26)/t12-/m1/s1. The molecule has 1 heterocycles. The number of imide groups is 1. The number of amides is 3. The third-order valence-corrected chi connectivity index (χ3v) is 4.53. The van der Waals surface area contributed by atoms with Gasteiger partial charge in [0.25, 0.3) is 5.91 Å². The van der Waals surface area contributed by atoms with Crippen LogP contribution in [0.5, 0.6) is 0 Å². The predicted molar refractivity (Wildman–Crippen MR) is 103 cm³/mol. The Kier molecular flexibility index (Phi) is 5.75. The first-order chi connectivity index (χ1) is 13.4. The first-order valence-corrected chi connectivity index (χ1v) is 8.97. The highest BCUT2D eigenvalue weighted by Gasteiger charge is 2.30. The quantitative estimate of drug-likeness (QED) is 0.614. The largest absolute Gasteiger partial charge is 0.449 e. The first kappa shape index (κ1) is 19.6. The summed E-state index contributed by atoms with van der Waals surface area (Å²) in [5.41, 5.74) is 1.01. The van der Waals surface area contributed by atoms with Crippen LogP contribution in [0.3, 0.4) is 0 Å². The van der Waals surface area contributed by atoms with Gasteiger partial charge in [0.2, 0.25) is 11.8 Å². The molecule has 1 aliphatic heterocycles. The lowest BCUT2D eigenvalue weighted by Gasteiger charge is -2.16. The molecule has 3 amide bonds. The van der Waals surface area contributed by atoms with E-state index >= 15 is 0 Å². The van der Waals surface area contributed by atoms with Crippen LogP contribution in [0.25, 0.3) is 0 Å². The predicted octanol–water partition coefficient (Wildman–Crippen LogP) is 3.18. The highest BCUT2D eigenvalue weighted by atomic mass is 35.5. The molecule has 1 atom stereocenters. The Labute approximate surface area is 166 Å². The Morgan fingerprint density at radius 3 is 2.25 bits per heavy atom. The van der Waals surface area contributed by atoms with Gasteiger partial charge < -0.3 is 10.1 Å². The smallest absolute Gasteiger partial charge is 0.338 e. The normalized spacial score (nSPS) is 14.7. The zero-order chi connectivity index (χ0) is 20.3. The zero-order valence-corrected chi connectivity index (χ0v) is 15.7. The molecule has 7 nitrogen and oxygen atoms in total. The zero-order valence-electron chi connectivity index (χ0n) is 15.0. The average molecular weight is 401 g/mol. The Bertz CT molecular complexity index is 926. The fourth-order valence-electron chi connectivity index (χ4n) is 2.69. The van der Waals surface area contributed by atoms with Crippen LogP contribution in [0.15, 0.2) is 48.5 Å². The molecule has 0 aromatic heterocycles. The number of esters is 1. The van der Waals surface area contributed by atoms with E-state index in [9.17, 15) is 19.2 Å². The lowest BCUT2D eigenvalue weighted by atomic mass is 10.2. The summed E-state index contributed by atoms with van der Waals surface area (Å²) in [6, 6.07) is 12.6. The molecule has 1 N–H and O–H groups in total. The van der Waals surface area contributed by atoms with Gasteiger partial charge in [-0.1, -0.05) is 23.7 Å². The number of hydrogen-bond donors (Lipinski definition) is 1. The monoisotopic (exact) mass is 400 g/mol. The molecule has 2 aromatic carbocycles. The number of anilines is 2. The van der Waals surface area contributed by atoms with Gasteiger partial charge in [-0.05, 0) is 43.3 Å². The highest BCUT2D eigenvalue weighted by molar-refractivity contribution is 6.33. The number of benzene rings is 2. The number of nitrogens with zero attached hydrogens (tertiary/aromatic N) is 1. The number of ether oxygens (including phenoxy) is 1. The number of carbonyl (C=O) groups is 4. The van der Waals surface area contributed by atoms with E-state index in [0.717, 1.165) is 4.90 Å². The van der Waals surface area contributed by atoms with Crippen molar-refractivity contribution in [2.75, 3.05) is 10.2 Å². The Hall–Kier alpha value is -3.19. The summed E-state index contributed by atoms with van der Waals surface area (Å²) in [4.78, 5) is 49.1. The van der Waals surface area contributed by atoms with Gasteiger partial charge >= 0.3 is 5.97 Å². The first-order valence-electron chi connectivity index (χ1n) is 8.59. The minimum absolute atomic E-state index is 0.181. The number of para-hydroxylation sites is 1. The van der Waals surface area contributed by atoms with Gasteiger partial charge in [-0.2, -0.15) is 0 Å². The fourth-order valence-corrected chi connectivity index (χ4v) is 2.87. The van der Waals surface area contributed by atoms with Gasteiger partial charge in [0.05, 0.1) is 22.0 Å². The topological polar surface area (TPSA) is 92.8 Å². The second-order valence-electron chi connectivity index (χ2n) is 6.19. The molecular weight excluding hydrogens is 384 g/mol. The molecule has 1 fully saturated rings. The Morgan fingerprint density at radius 1 is 1.04 bits per heavy atom. The summed E-state index contributed by atoms with van der Waals surface area (Å²) < 4.78 is 5.18. The van der Waals surface area contributed by atoms with Crippen LogP contribution in [0.2, 0.25) is 5.02 Å². The summed E-state index contributed by atoms with van der Waals surface area (Å²) in [6.07, 6.45) is -0.688. The van der Waals surface area contributed by atoms with Crippen LogP contribution in [0.1, 0.15) is 30.1 Å². The molecule has 8 heteroatoms. The van der Waals surface area contributed by atoms with Gasteiger partial charge in [0.1, 0.15) is 0 Å². The summed E-state index contributed by atoms with van der Waals surface area (Å²) >= 11 is 5.99. The van der Waals surface area contributed by atoms with Gasteiger partial charge in [0, 0.05) is 12.8 Å². The molecule has 0 unspecified atom stereocenters. The van der Waals surface area contributed by atoms with Crippen LogP contribution in [0, 0.1) is 0 Å². The summed E-state index contributed by atoms with van der Waals surface area (Å²) in [6.45, 7) is 1.44. The van der Waals surface area contributed by atoms with Crippen molar-refractivity contribution in [2.45, 2.75) is 25.9 Å². The van der Waals surface area contributed by atoms with E-state index in [1.165, 1.54) is 31.2 Å². The molecule has 0 saturated carbocycles. The molecule has 1 aliphatic rings. The van der Waals surface area contributed by atoms with Crippen molar-refractivity contribution in [1.82, 2.24) is 0 Å². The fraction of sp³-hybridized carbons (Fsp3) is 0.200. The maximum atomic E-state index is 12.3. The van der Waals surface area contributed by atoms with E-state index in [2.05, 4.69) is 5.32 Å². The summed E-state index contributed by atoms with van der Waals surface area (Å²) in [5, 5.41) is 2.96. The minimum Gasteiger partial charge on any atom is -0.449 e. The van der Waals surface area contributed by atoms with Crippen LogP contribution >= 0.6 is 11.6 Å². The summed E-state index contributed by atoms with van der Waals surface area (Å²) in [5.74, 6) is -1.77. The number of carbonyl (C=O) groups excluding carboxylic acids is 4. The maximum absolute atomic E-state index is 12.3. The lowest BCUT2D eigenvalue weighted by molar-refractivity contribution is -0.124. The number of nitrogens with one attached hydrogen (secondary N) is 1. The molecule has 0 aliphatic carbocycles. The van der Waals surface area contributed by atoms with E-state index in [-0.39, 0.29) is 30.2 Å². The van der Waals surface area contributed by atoms with Crippen LogP contribution < -0.4 is 10.2 Å². The van der Waals surface area contributed by atoms with Crippen molar-refractivity contribution in [3.63, 3.8) is 0 Å². The van der Waals surface area contributed by atoms with Crippen molar-refractivity contribution in [2.24, 2.45) is 0 Å². The molecular formula is C20H17ClN2O5. The van der Waals surface area contributed by atoms with Gasteiger partial charge in [-0.25, -0.2) is 4.79 Å². The molecule has 0 radical (unpaired) electrons. The molecule has 1 saturated heterocycles. The van der Waals surface area contributed by atoms with Crippen molar-refractivity contribution in [1.29, 1.82) is 0 Å². The lowest BCUT2D eigenvalue weighted by Crippen LogP contribution is -2.30. The molecule has 2 aromatic rings. The van der Waals surface area contributed by atoms with Crippen LogP contribution in [-0.2, 0) is 19.1 Å². The second-order valence-corrected chi connectivity index (χ2v) is 6.59. The molecule has 0 spiro atoms. The third kappa shape index (κ3) is 4.20. The van der Waals surface area contributed by atoms with Gasteiger partial charge in [0.15, 0.2) is 6.10 Å². The van der Waals surface area contributed by atoms with Crippen molar-refractivity contribution in [3.8, 4) is 0 Å². The number of hydrogen-bond acceptors (Lipinski definition) is 5. The SMILES string of the molecule is C[C@@H](OC(=O)c1ccc(N2C(=O)CCC2=O)cc1)C(=O)Nc1ccccc1Cl. The molecule has 3 rings (SSSR count). The van der Waals surface area contributed by atoms with Crippen LogP contribution in [-0.4, -0.2) is 29.8 Å². The number of halogens is 1. The summed E-state index contributed by atoms with van der Waals surface area (Å²) in [7, 11) is 0. The Balaban J connectivity index is 1.62. The van der Waals surface area contributed by atoms with E-state index < -0.39 is 18.0 Å². The Morgan fingerprint density at radius 2 is 1.64 bits per heavy atom. The minimum atomic E-state index is -1.05. The highest BCUT2D eigenvalue weighted by Crippen LogP contribution is 2.23. The second kappa shape index (κ2) is 8.22. The van der Waals surface area contributed by atoms with Gasteiger partial charge in [-0.15, -0.1) is 0 Å². The average Bonchev–Trinajstić information content (AvgIpc) is 3.02.